The van der Waals surface area contributed by atoms with Crippen LogP contribution in [0.2, 0.25) is 0 Å². The van der Waals surface area contributed by atoms with Crippen molar-refractivity contribution in [1.82, 2.24) is 19.7 Å². The van der Waals surface area contributed by atoms with E-state index in [1.807, 2.05) is 25.2 Å². The molecule has 1 unspecified atom stereocenters. The number of piperidine rings is 1. The van der Waals surface area contributed by atoms with Crippen LogP contribution in [0, 0.1) is 5.92 Å². The molecule has 1 aromatic heterocycles. The van der Waals surface area contributed by atoms with Crippen molar-refractivity contribution < 1.29 is 5.11 Å². The Balaban J connectivity index is 1.74. The van der Waals surface area contributed by atoms with Gasteiger partial charge in [-0.1, -0.05) is 30.3 Å². The zero-order valence-corrected chi connectivity index (χ0v) is 12.4. The molecule has 1 aliphatic heterocycles. The van der Waals surface area contributed by atoms with Crippen molar-refractivity contribution in [1.29, 1.82) is 0 Å². The summed E-state index contributed by atoms with van der Waals surface area (Å²) in [7, 11) is 2.02. The van der Waals surface area contributed by atoms with E-state index >= 15 is 0 Å². The molecule has 5 heteroatoms. The Morgan fingerprint density at radius 2 is 2.05 bits per heavy atom. The van der Waals surface area contributed by atoms with E-state index in [1.54, 1.807) is 0 Å². The molecule has 0 saturated carbocycles. The molecule has 2 heterocycles. The van der Waals surface area contributed by atoms with E-state index < -0.39 is 0 Å². The second kappa shape index (κ2) is 6.37. The number of aromatic nitrogens is 3. The number of rotatable bonds is 4. The maximum atomic E-state index is 9.32. The van der Waals surface area contributed by atoms with Gasteiger partial charge in [-0.2, -0.15) is 0 Å². The Labute approximate surface area is 125 Å². The lowest BCUT2D eigenvalue weighted by Gasteiger charge is -2.31. The highest BCUT2D eigenvalue weighted by Crippen LogP contribution is 2.20. The van der Waals surface area contributed by atoms with Gasteiger partial charge in [0.25, 0.3) is 0 Å². The number of nitrogens with zero attached hydrogens (tertiary/aromatic N) is 4. The van der Waals surface area contributed by atoms with Crippen LogP contribution in [0.4, 0.5) is 0 Å². The number of hydrogen-bond acceptors (Lipinski definition) is 4. The molecule has 1 N–H and O–H groups in total. The zero-order valence-electron chi connectivity index (χ0n) is 12.4. The first-order valence-electron chi connectivity index (χ1n) is 7.55. The van der Waals surface area contributed by atoms with E-state index in [4.69, 9.17) is 0 Å². The van der Waals surface area contributed by atoms with E-state index in [2.05, 4.69) is 31.8 Å². The minimum absolute atomic E-state index is 0.282. The Morgan fingerprint density at radius 1 is 1.24 bits per heavy atom. The predicted molar refractivity (Wildman–Crippen MR) is 81.5 cm³/mol. The van der Waals surface area contributed by atoms with Crippen molar-refractivity contribution in [2.45, 2.75) is 19.4 Å². The van der Waals surface area contributed by atoms with Crippen molar-refractivity contribution in [3.05, 3.63) is 36.2 Å². The summed E-state index contributed by atoms with van der Waals surface area (Å²) in [5.74, 6) is 2.29. The molecule has 0 spiro atoms. The van der Waals surface area contributed by atoms with Crippen LogP contribution in [0.5, 0.6) is 0 Å². The molecule has 1 fully saturated rings. The highest BCUT2D eigenvalue weighted by Gasteiger charge is 2.21. The van der Waals surface area contributed by atoms with Crippen LogP contribution in [-0.4, -0.2) is 44.5 Å². The fraction of sp³-hybridized carbons (Fsp3) is 0.500. The lowest BCUT2D eigenvalue weighted by molar-refractivity contribution is 0.113. The van der Waals surface area contributed by atoms with Gasteiger partial charge in [0.1, 0.15) is 5.82 Å². The largest absolute Gasteiger partial charge is 0.396 e. The van der Waals surface area contributed by atoms with Gasteiger partial charge in [-0.25, -0.2) is 0 Å². The van der Waals surface area contributed by atoms with Gasteiger partial charge < -0.3 is 9.67 Å². The molecule has 1 atom stereocenters. The van der Waals surface area contributed by atoms with E-state index in [0.717, 1.165) is 49.7 Å². The van der Waals surface area contributed by atoms with Gasteiger partial charge in [0.05, 0.1) is 6.54 Å². The third-order valence-corrected chi connectivity index (χ3v) is 4.22. The fourth-order valence-electron chi connectivity index (χ4n) is 2.98. The number of likely N-dealkylation sites (tertiary alicyclic amines) is 1. The summed E-state index contributed by atoms with van der Waals surface area (Å²) in [6, 6.07) is 10.1. The molecule has 1 saturated heterocycles. The Morgan fingerprint density at radius 3 is 2.81 bits per heavy atom. The predicted octanol–water partition coefficient (Wildman–Crippen LogP) is 1.69. The van der Waals surface area contributed by atoms with Crippen LogP contribution < -0.4 is 0 Å². The molecule has 0 bridgehead atoms. The van der Waals surface area contributed by atoms with Crippen LogP contribution in [0.1, 0.15) is 18.7 Å². The molecule has 0 amide bonds. The van der Waals surface area contributed by atoms with Crippen molar-refractivity contribution in [2.75, 3.05) is 19.7 Å². The quantitative estimate of drug-likeness (QED) is 0.929. The summed E-state index contributed by atoms with van der Waals surface area (Å²) in [6.45, 7) is 3.10. The summed E-state index contributed by atoms with van der Waals surface area (Å²) in [6.07, 6.45) is 2.27. The Hall–Kier alpha value is -1.72. The third kappa shape index (κ3) is 3.14. The molecular formula is C16H22N4O. The van der Waals surface area contributed by atoms with Crippen LogP contribution in [0.3, 0.4) is 0 Å². The minimum Gasteiger partial charge on any atom is -0.396 e. The molecule has 1 aromatic carbocycles. The molecule has 5 nitrogen and oxygen atoms in total. The molecule has 0 radical (unpaired) electrons. The molecule has 112 valence electrons. The second-order valence-electron chi connectivity index (χ2n) is 5.79. The third-order valence-electron chi connectivity index (χ3n) is 4.22. The molecule has 2 aromatic rings. The molecule has 21 heavy (non-hydrogen) atoms. The smallest absolute Gasteiger partial charge is 0.163 e. The van der Waals surface area contributed by atoms with Gasteiger partial charge in [-0.05, 0) is 25.3 Å². The Bertz CT molecular complexity index is 581. The van der Waals surface area contributed by atoms with E-state index in [0.29, 0.717) is 5.92 Å². The van der Waals surface area contributed by atoms with E-state index in [-0.39, 0.29) is 6.61 Å². The minimum atomic E-state index is 0.282. The fourth-order valence-corrected chi connectivity index (χ4v) is 2.98. The molecular weight excluding hydrogens is 264 g/mol. The van der Waals surface area contributed by atoms with Crippen LogP contribution in [-0.2, 0) is 13.6 Å². The first-order valence-corrected chi connectivity index (χ1v) is 7.55. The van der Waals surface area contributed by atoms with Crippen LogP contribution in [0.25, 0.3) is 11.4 Å². The van der Waals surface area contributed by atoms with Gasteiger partial charge >= 0.3 is 0 Å². The monoisotopic (exact) mass is 286 g/mol. The normalized spacial score (nSPS) is 19.8. The average Bonchev–Trinajstić information content (AvgIpc) is 2.89. The van der Waals surface area contributed by atoms with Gasteiger partial charge in [0.2, 0.25) is 0 Å². The van der Waals surface area contributed by atoms with Gasteiger partial charge in [-0.3, -0.25) is 4.90 Å². The highest BCUT2D eigenvalue weighted by molar-refractivity contribution is 5.54. The van der Waals surface area contributed by atoms with Crippen LogP contribution >= 0.6 is 0 Å². The van der Waals surface area contributed by atoms with Crippen molar-refractivity contribution in [2.24, 2.45) is 13.0 Å². The SMILES string of the molecule is Cn1c(CN2CCCC(CO)C2)nnc1-c1ccccc1. The Kier molecular flexibility index (Phi) is 4.31. The first-order chi connectivity index (χ1) is 10.3. The summed E-state index contributed by atoms with van der Waals surface area (Å²) in [5, 5.41) is 18.0. The standard InChI is InChI=1S/C16H22N4O/c1-19-15(11-20-9-5-6-13(10-20)12-21)17-18-16(19)14-7-3-2-4-8-14/h2-4,7-8,13,21H,5-6,9-12H2,1H3. The first kappa shape index (κ1) is 14.2. The number of aliphatic hydroxyl groups is 1. The van der Waals surface area contributed by atoms with E-state index in [9.17, 15) is 5.11 Å². The lowest BCUT2D eigenvalue weighted by Crippen LogP contribution is -2.36. The molecule has 0 aliphatic carbocycles. The number of aliphatic hydroxyl groups excluding tert-OH is 1. The average molecular weight is 286 g/mol. The van der Waals surface area contributed by atoms with Crippen molar-refractivity contribution in [3.63, 3.8) is 0 Å². The summed E-state index contributed by atoms with van der Waals surface area (Å²) < 4.78 is 2.07. The maximum Gasteiger partial charge on any atom is 0.163 e. The number of hydrogen-bond donors (Lipinski definition) is 1. The van der Waals surface area contributed by atoms with Gasteiger partial charge in [0, 0.05) is 25.8 Å². The van der Waals surface area contributed by atoms with Gasteiger partial charge in [0.15, 0.2) is 5.82 Å². The van der Waals surface area contributed by atoms with Crippen molar-refractivity contribution in [3.8, 4) is 11.4 Å². The van der Waals surface area contributed by atoms with Crippen LogP contribution in [0.15, 0.2) is 30.3 Å². The van der Waals surface area contributed by atoms with Crippen molar-refractivity contribution >= 4 is 0 Å². The summed E-state index contributed by atoms with van der Waals surface area (Å²) >= 11 is 0. The van der Waals surface area contributed by atoms with E-state index in [1.165, 1.54) is 0 Å². The molecule has 1 aliphatic rings. The van der Waals surface area contributed by atoms with Gasteiger partial charge in [-0.15, -0.1) is 10.2 Å². The number of benzene rings is 1. The maximum absolute atomic E-state index is 9.32. The lowest BCUT2D eigenvalue weighted by atomic mass is 9.99. The highest BCUT2D eigenvalue weighted by atomic mass is 16.3. The topological polar surface area (TPSA) is 54.2 Å². The second-order valence-corrected chi connectivity index (χ2v) is 5.79. The zero-order chi connectivity index (χ0) is 14.7. The molecule has 3 rings (SSSR count). The summed E-state index contributed by atoms with van der Waals surface area (Å²) in [4.78, 5) is 2.36. The summed E-state index contributed by atoms with van der Waals surface area (Å²) in [5.41, 5.74) is 1.09.